The third-order valence-corrected chi connectivity index (χ3v) is 6.20. The summed E-state index contributed by atoms with van der Waals surface area (Å²) in [5, 5.41) is 4.50. The lowest BCUT2D eigenvalue weighted by Crippen LogP contribution is -2.23. The Labute approximate surface area is 192 Å². The van der Waals surface area contributed by atoms with E-state index in [0.717, 1.165) is 16.8 Å². The molecule has 12 heteroatoms. The van der Waals surface area contributed by atoms with Crippen LogP contribution in [-0.2, 0) is 6.18 Å². The molecule has 0 bridgehead atoms. The minimum atomic E-state index is -4.58. The zero-order valence-corrected chi connectivity index (χ0v) is 17.6. The lowest BCUT2D eigenvalue weighted by atomic mass is 9.99. The number of hydrogen-bond donors (Lipinski definition) is 2. The summed E-state index contributed by atoms with van der Waals surface area (Å²) >= 11 is 0. The fourth-order valence-corrected chi connectivity index (χ4v) is 4.52. The van der Waals surface area contributed by atoms with Crippen LogP contribution in [0.1, 0.15) is 34.9 Å². The Kier molecular flexibility index (Phi) is 4.44. The van der Waals surface area contributed by atoms with Crippen LogP contribution in [0.2, 0.25) is 0 Å². The van der Waals surface area contributed by atoms with Crippen LogP contribution >= 0.6 is 0 Å². The molecular formula is C23H14F4N6O2. The number of benzene rings is 1. The maximum Gasteiger partial charge on any atom is 0.418 e. The van der Waals surface area contributed by atoms with Gasteiger partial charge in [-0.15, -0.1) is 0 Å². The van der Waals surface area contributed by atoms with Gasteiger partial charge in [-0.1, -0.05) is 6.07 Å². The second-order valence-electron chi connectivity index (χ2n) is 8.38. The van der Waals surface area contributed by atoms with E-state index in [1.165, 1.54) is 12.4 Å². The fourth-order valence-electron chi connectivity index (χ4n) is 4.52. The van der Waals surface area contributed by atoms with Gasteiger partial charge < -0.3 is 4.98 Å². The van der Waals surface area contributed by atoms with Gasteiger partial charge in [-0.25, -0.2) is 9.78 Å². The molecule has 4 aromatic heterocycles. The molecule has 176 valence electrons. The standard InChI is InChI=1S/C23H14F4N6O2/c24-18-9-29-20-14(7-17(32-33(18)20)15-8-30-22(35)31-21(15)34)13-6-12(13)11-4-10-2-1-3-28-19(10)16(5-11)23(25,26)27/h1-5,7-9,12-13H,6H2,(H2,30,31,34,35)/t12-,13+/m0/s1. The van der Waals surface area contributed by atoms with Crippen molar-refractivity contribution in [2.45, 2.75) is 24.4 Å². The van der Waals surface area contributed by atoms with E-state index in [4.69, 9.17) is 0 Å². The number of nitrogens with zero attached hydrogens (tertiary/aromatic N) is 4. The first-order chi connectivity index (χ1) is 16.7. The van der Waals surface area contributed by atoms with Crippen molar-refractivity contribution in [2.24, 2.45) is 0 Å². The van der Waals surface area contributed by atoms with Gasteiger partial charge in [-0.05, 0) is 48.1 Å². The van der Waals surface area contributed by atoms with Crippen LogP contribution in [0.5, 0.6) is 0 Å². The largest absolute Gasteiger partial charge is 0.418 e. The second kappa shape index (κ2) is 7.32. The topological polar surface area (TPSA) is 109 Å². The number of imidazole rings is 1. The van der Waals surface area contributed by atoms with Gasteiger partial charge in [0.15, 0.2) is 5.65 Å². The molecule has 0 unspecified atom stereocenters. The zero-order chi connectivity index (χ0) is 24.5. The Morgan fingerprint density at radius 2 is 1.91 bits per heavy atom. The SMILES string of the molecule is O=c1[nH]cc(-c2cc([C@@H]3C[C@H]3c3cc(C(F)(F)F)c4ncccc4c3)c3ncc(F)n3n2)c(=O)[nH]1. The fraction of sp³-hybridized carbons (Fsp3) is 0.174. The Morgan fingerprint density at radius 3 is 2.69 bits per heavy atom. The van der Waals surface area contributed by atoms with E-state index >= 15 is 0 Å². The molecule has 1 aliphatic carbocycles. The third-order valence-electron chi connectivity index (χ3n) is 6.20. The van der Waals surface area contributed by atoms with Crippen LogP contribution in [-0.4, -0.2) is 29.5 Å². The molecule has 1 aliphatic rings. The molecule has 1 fully saturated rings. The number of hydrogen-bond acceptors (Lipinski definition) is 5. The molecule has 0 radical (unpaired) electrons. The minimum Gasteiger partial charge on any atom is -0.313 e. The molecule has 0 saturated heterocycles. The predicted molar refractivity (Wildman–Crippen MR) is 116 cm³/mol. The summed E-state index contributed by atoms with van der Waals surface area (Å²) in [5.74, 6) is -1.33. The number of nitrogens with one attached hydrogen (secondary N) is 2. The molecule has 8 nitrogen and oxygen atoms in total. The molecule has 5 aromatic rings. The van der Waals surface area contributed by atoms with Crippen LogP contribution in [0.25, 0.3) is 27.8 Å². The van der Waals surface area contributed by atoms with Gasteiger partial charge in [0.05, 0.1) is 28.5 Å². The average Bonchev–Trinajstić information content (AvgIpc) is 3.53. The van der Waals surface area contributed by atoms with Crippen molar-refractivity contribution >= 4 is 16.6 Å². The van der Waals surface area contributed by atoms with E-state index in [2.05, 4.69) is 25.0 Å². The summed E-state index contributed by atoms with van der Waals surface area (Å²) in [6.45, 7) is 0. The van der Waals surface area contributed by atoms with E-state index in [1.807, 2.05) is 0 Å². The Balaban J connectivity index is 1.48. The van der Waals surface area contributed by atoms with Gasteiger partial charge in [-0.2, -0.15) is 27.2 Å². The van der Waals surface area contributed by atoms with E-state index in [1.54, 1.807) is 24.3 Å². The predicted octanol–water partition coefficient (Wildman–Crippen LogP) is 3.75. The molecule has 35 heavy (non-hydrogen) atoms. The second-order valence-corrected chi connectivity index (χ2v) is 8.38. The van der Waals surface area contributed by atoms with Gasteiger partial charge >= 0.3 is 11.9 Å². The van der Waals surface area contributed by atoms with Crippen LogP contribution in [0.3, 0.4) is 0 Å². The van der Waals surface area contributed by atoms with Crippen LogP contribution in [0, 0.1) is 5.95 Å². The summed E-state index contributed by atoms with van der Waals surface area (Å²) < 4.78 is 56.6. The summed E-state index contributed by atoms with van der Waals surface area (Å²) in [6, 6.07) is 7.50. The van der Waals surface area contributed by atoms with E-state index in [-0.39, 0.29) is 34.3 Å². The average molecular weight is 482 g/mol. The number of rotatable bonds is 3. The van der Waals surface area contributed by atoms with Crippen molar-refractivity contribution in [2.75, 3.05) is 0 Å². The molecule has 1 aromatic carbocycles. The van der Waals surface area contributed by atoms with Gasteiger partial charge in [0.1, 0.15) is 0 Å². The van der Waals surface area contributed by atoms with E-state index in [9.17, 15) is 27.2 Å². The molecule has 4 heterocycles. The van der Waals surface area contributed by atoms with Crippen molar-refractivity contribution in [1.29, 1.82) is 0 Å². The van der Waals surface area contributed by atoms with Crippen molar-refractivity contribution in [3.8, 4) is 11.3 Å². The van der Waals surface area contributed by atoms with Gasteiger partial charge in [0, 0.05) is 23.3 Å². The molecule has 0 amide bonds. The van der Waals surface area contributed by atoms with Crippen LogP contribution in [0.4, 0.5) is 17.6 Å². The molecule has 0 aliphatic heterocycles. The monoisotopic (exact) mass is 482 g/mol. The number of aromatic amines is 2. The van der Waals surface area contributed by atoms with E-state index in [0.29, 0.717) is 22.9 Å². The quantitative estimate of drug-likeness (QED) is 0.381. The van der Waals surface area contributed by atoms with Crippen LogP contribution < -0.4 is 11.2 Å². The van der Waals surface area contributed by atoms with Gasteiger partial charge in [0.25, 0.3) is 5.56 Å². The highest BCUT2D eigenvalue weighted by Crippen LogP contribution is 2.56. The van der Waals surface area contributed by atoms with Crippen molar-refractivity contribution in [3.63, 3.8) is 0 Å². The molecule has 2 atom stereocenters. The zero-order valence-electron chi connectivity index (χ0n) is 17.6. The number of pyridine rings is 1. The van der Waals surface area contributed by atoms with Gasteiger partial charge in [-0.3, -0.25) is 14.8 Å². The lowest BCUT2D eigenvalue weighted by molar-refractivity contribution is -0.136. The molecule has 6 rings (SSSR count). The Bertz CT molecular complexity index is 1750. The first kappa shape index (κ1) is 21.2. The Hall–Kier alpha value is -4.35. The van der Waals surface area contributed by atoms with Crippen molar-refractivity contribution in [1.82, 2.24) is 29.5 Å². The number of aromatic nitrogens is 6. The molecule has 1 saturated carbocycles. The maximum atomic E-state index is 14.4. The summed E-state index contributed by atoms with van der Waals surface area (Å²) in [4.78, 5) is 36.1. The normalized spacial score (nSPS) is 17.8. The summed E-state index contributed by atoms with van der Waals surface area (Å²) in [7, 11) is 0. The summed E-state index contributed by atoms with van der Waals surface area (Å²) in [5.41, 5.74) is -1.04. The molecular weight excluding hydrogens is 468 g/mol. The van der Waals surface area contributed by atoms with Crippen molar-refractivity contribution in [3.05, 3.63) is 92.4 Å². The Morgan fingerprint density at radius 1 is 1.09 bits per heavy atom. The number of fused-ring (bicyclic) bond motifs is 2. The molecule has 0 spiro atoms. The van der Waals surface area contributed by atoms with Crippen molar-refractivity contribution < 1.29 is 17.6 Å². The number of alkyl halides is 3. The highest BCUT2D eigenvalue weighted by atomic mass is 19.4. The van der Waals surface area contributed by atoms with Crippen LogP contribution in [0.15, 0.2) is 58.5 Å². The maximum absolute atomic E-state index is 14.4. The summed E-state index contributed by atoms with van der Waals surface area (Å²) in [6.07, 6.45) is -0.615. The minimum absolute atomic E-state index is 0.00851. The highest BCUT2D eigenvalue weighted by Gasteiger charge is 2.43. The third kappa shape index (κ3) is 3.49. The molecule has 2 N–H and O–H groups in total. The number of H-pyrrole nitrogens is 2. The smallest absolute Gasteiger partial charge is 0.313 e. The van der Waals surface area contributed by atoms with Gasteiger partial charge in [0.2, 0.25) is 5.95 Å². The number of halogens is 4. The van der Waals surface area contributed by atoms with E-state index < -0.39 is 28.9 Å². The first-order valence-electron chi connectivity index (χ1n) is 10.5. The highest BCUT2D eigenvalue weighted by molar-refractivity contribution is 5.83. The first-order valence-corrected chi connectivity index (χ1v) is 10.5. The lowest BCUT2D eigenvalue weighted by Gasteiger charge is -2.13.